The molecule has 0 radical (unpaired) electrons. The monoisotopic (exact) mass is 277 g/mol. The molecule has 0 saturated heterocycles. The summed E-state index contributed by atoms with van der Waals surface area (Å²) >= 11 is 5.61. The maximum atomic E-state index is 11.9. The molecule has 0 aliphatic carbocycles. The lowest BCUT2D eigenvalue weighted by Crippen LogP contribution is -2.16. The number of aromatic nitrogens is 2. The van der Waals surface area contributed by atoms with Gasteiger partial charge in [0.2, 0.25) is 0 Å². The van der Waals surface area contributed by atoms with Gasteiger partial charge in [0.05, 0.1) is 5.56 Å². The first-order valence-corrected chi connectivity index (χ1v) is 5.57. The quantitative estimate of drug-likeness (QED) is 0.838. The number of halogens is 1. The van der Waals surface area contributed by atoms with Crippen LogP contribution in [0.15, 0.2) is 36.7 Å². The molecule has 6 nitrogen and oxygen atoms in total. The van der Waals surface area contributed by atoms with Gasteiger partial charge in [0, 0.05) is 12.4 Å². The summed E-state index contributed by atoms with van der Waals surface area (Å²) in [6.07, 6.45) is 2.68. The Morgan fingerprint density at radius 3 is 2.63 bits per heavy atom. The number of aromatic carboxylic acids is 1. The Morgan fingerprint density at radius 1 is 1.21 bits per heavy atom. The van der Waals surface area contributed by atoms with Crippen LogP contribution in [0.2, 0.25) is 5.15 Å². The Labute approximate surface area is 113 Å². The SMILES string of the molecule is O=C(Nc1ncccc1C(=O)O)c1ccc(Cl)nc1. The highest BCUT2D eigenvalue weighted by Crippen LogP contribution is 2.13. The number of carboxylic acid groups (broad SMARTS) is 1. The fraction of sp³-hybridized carbons (Fsp3) is 0. The van der Waals surface area contributed by atoms with Crippen molar-refractivity contribution in [2.75, 3.05) is 5.32 Å². The van der Waals surface area contributed by atoms with E-state index in [1.54, 1.807) is 0 Å². The van der Waals surface area contributed by atoms with E-state index in [9.17, 15) is 9.59 Å². The fourth-order valence-corrected chi connectivity index (χ4v) is 1.48. The molecule has 0 atom stereocenters. The van der Waals surface area contributed by atoms with E-state index >= 15 is 0 Å². The molecule has 0 aromatic carbocycles. The highest BCUT2D eigenvalue weighted by atomic mass is 35.5. The van der Waals surface area contributed by atoms with Gasteiger partial charge >= 0.3 is 5.97 Å². The zero-order valence-corrected chi connectivity index (χ0v) is 10.3. The van der Waals surface area contributed by atoms with Crippen molar-refractivity contribution in [2.24, 2.45) is 0 Å². The molecule has 0 saturated carbocycles. The standard InChI is InChI=1S/C12H8ClN3O3/c13-9-4-3-7(6-15-9)11(17)16-10-8(12(18)19)2-1-5-14-10/h1-6H,(H,18,19)(H,14,16,17). The Hall–Kier alpha value is -2.47. The molecule has 0 aliphatic heterocycles. The van der Waals surface area contributed by atoms with E-state index in [0.717, 1.165) is 0 Å². The van der Waals surface area contributed by atoms with Crippen LogP contribution < -0.4 is 5.32 Å². The third-order valence-electron chi connectivity index (χ3n) is 2.26. The lowest BCUT2D eigenvalue weighted by atomic mass is 10.2. The average molecular weight is 278 g/mol. The van der Waals surface area contributed by atoms with E-state index in [1.165, 1.54) is 36.7 Å². The summed E-state index contributed by atoms with van der Waals surface area (Å²) in [7, 11) is 0. The van der Waals surface area contributed by atoms with Crippen LogP contribution in [0.5, 0.6) is 0 Å². The van der Waals surface area contributed by atoms with Crippen molar-refractivity contribution in [1.82, 2.24) is 9.97 Å². The number of carboxylic acids is 1. The van der Waals surface area contributed by atoms with E-state index < -0.39 is 11.9 Å². The Bertz CT molecular complexity index is 628. The van der Waals surface area contributed by atoms with Crippen LogP contribution in [0.3, 0.4) is 0 Å². The minimum atomic E-state index is -1.17. The van der Waals surface area contributed by atoms with Crippen LogP contribution in [0.4, 0.5) is 5.82 Å². The topological polar surface area (TPSA) is 92.2 Å². The molecule has 0 unspecified atom stereocenters. The number of carbonyl (C=O) groups excluding carboxylic acids is 1. The van der Waals surface area contributed by atoms with Gasteiger partial charge in [-0.3, -0.25) is 4.79 Å². The van der Waals surface area contributed by atoms with Crippen molar-refractivity contribution < 1.29 is 14.7 Å². The minimum absolute atomic E-state index is 0.0186. The highest BCUT2D eigenvalue weighted by molar-refractivity contribution is 6.29. The summed E-state index contributed by atoms with van der Waals surface area (Å²) in [6, 6.07) is 5.77. The van der Waals surface area contributed by atoms with E-state index in [1.807, 2.05) is 0 Å². The van der Waals surface area contributed by atoms with Crippen molar-refractivity contribution >= 4 is 29.3 Å². The second-order valence-electron chi connectivity index (χ2n) is 3.53. The lowest BCUT2D eigenvalue weighted by Gasteiger charge is -2.06. The number of rotatable bonds is 3. The summed E-state index contributed by atoms with van der Waals surface area (Å²) in [5, 5.41) is 11.6. The zero-order valence-electron chi connectivity index (χ0n) is 9.50. The number of amides is 1. The molecule has 96 valence electrons. The van der Waals surface area contributed by atoms with Crippen LogP contribution in [0, 0.1) is 0 Å². The second kappa shape index (κ2) is 5.45. The molecule has 0 spiro atoms. The number of nitrogens with zero attached hydrogens (tertiary/aromatic N) is 2. The average Bonchev–Trinajstić information content (AvgIpc) is 2.39. The Kier molecular flexibility index (Phi) is 3.72. The molecule has 19 heavy (non-hydrogen) atoms. The van der Waals surface area contributed by atoms with Crippen LogP contribution in [-0.2, 0) is 0 Å². The number of pyridine rings is 2. The first-order valence-electron chi connectivity index (χ1n) is 5.19. The van der Waals surface area contributed by atoms with E-state index in [2.05, 4.69) is 15.3 Å². The number of nitrogens with one attached hydrogen (secondary N) is 1. The molecule has 0 aliphatic rings. The van der Waals surface area contributed by atoms with Crippen molar-refractivity contribution in [2.45, 2.75) is 0 Å². The summed E-state index contributed by atoms with van der Waals surface area (Å²) < 4.78 is 0. The minimum Gasteiger partial charge on any atom is -0.478 e. The van der Waals surface area contributed by atoms with Gasteiger partial charge in [-0.25, -0.2) is 14.8 Å². The number of hydrogen-bond acceptors (Lipinski definition) is 4. The molecular weight excluding hydrogens is 270 g/mol. The lowest BCUT2D eigenvalue weighted by molar-refractivity contribution is 0.0697. The third-order valence-corrected chi connectivity index (χ3v) is 2.48. The van der Waals surface area contributed by atoms with E-state index in [4.69, 9.17) is 16.7 Å². The number of carbonyl (C=O) groups is 2. The summed E-state index contributed by atoms with van der Waals surface area (Å²) in [6.45, 7) is 0. The molecule has 2 aromatic heterocycles. The van der Waals surface area contributed by atoms with Gasteiger partial charge < -0.3 is 10.4 Å². The maximum absolute atomic E-state index is 11.9. The predicted octanol–water partition coefficient (Wildman–Crippen LogP) is 2.08. The molecular formula is C12H8ClN3O3. The molecule has 2 heterocycles. The van der Waals surface area contributed by atoms with Crippen molar-refractivity contribution in [3.05, 3.63) is 52.9 Å². The van der Waals surface area contributed by atoms with Gasteiger partial charge in [-0.1, -0.05) is 11.6 Å². The van der Waals surface area contributed by atoms with Crippen LogP contribution in [0.1, 0.15) is 20.7 Å². The fourth-order valence-electron chi connectivity index (χ4n) is 1.37. The zero-order chi connectivity index (χ0) is 13.8. The molecule has 2 aromatic rings. The molecule has 1 amide bonds. The van der Waals surface area contributed by atoms with Crippen LogP contribution in [0.25, 0.3) is 0 Å². The summed E-state index contributed by atoms with van der Waals surface area (Å²) in [5.41, 5.74) is 0.171. The molecule has 7 heteroatoms. The molecule has 2 rings (SSSR count). The van der Waals surface area contributed by atoms with Crippen molar-refractivity contribution in [1.29, 1.82) is 0 Å². The van der Waals surface area contributed by atoms with Gasteiger partial charge in [0.25, 0.3) is 5.91 Å². The largest absolute Gasteiger partial charge is 0.478 e. The smallest absolute Gasteiger partial charge is 0.339 e. The first-order chi connectivity index (χ1) is 9.08. The third kappa shape index (κ3) is 3.05. The highest BCUT2D eigenvalue weighted by Gasteiger charge is 2.14. The first kappa shape index (κ1) is 13.0. The van der Waals surface area contributed by atoms with Gasteiger partial charge in [-0.05, 0) is 24.3 Å². The van der Waals surface area contributed by atoms with Gasteiger partial charge in [-0.2, -0.15) is 0 Å². The molecule has 0 bridgehead atoms. The summed E-state index contributed by atoms with van der Waals surface area (Å²) in [5.74, 6) is -1.70. The van der Waals surface area contributed by atoms with E-state index in [-0.39, 0.29) is 22.1 Å². The Balaban J connectivity index is 2.24. The predicted molar refractivity (Wildman–Crippen MR) is 68.4 cm³/mol. The van der Waals surface area contributed by atoms with Gasteiger partial charge in [0.15, 0.2) is 0 Å². The van der Waals surface area contributed by atoms with Crippen molar-refractivity contribution in [3.8, 4) is 0 Å². The number of anilines is 1. The maximum Gasteiger partial charge on any atom is 0.339 e. The number of hydrogen-bond donors (Lipinski definition) is 2. The Morgan fingerprint density at radius 2 is 2.00 bits per heavy atom. The van der Waals surface area contributed by atoms with Gasteiger partial charge in [0.1, 0.15) is 16.5 Å². The van der Waals surface area contributed by atoms with Gasteiger partial charge in [-0.15, -0.1) is 0 Å². The second-order valence-corrected chi connectivity index (χ2v) is 3.92. The normalized spacial score (nSPS) is 9.95. The van der Waals surface area contributed by atoms with Crippen molar-refractivity contribution in [3.63, 3.8) is 0 Å². The molecule has 0 fully saturated rings. The summed E-state index contributed by atoms with van der Waals surface area (Å²) in [4.78, 5) is 30.4. The van der Waals surface area contributed by atoms with Crippen LogP contribution in [-0.4, -0.2) is 27.0 Å². The van der Waals surface area contributed by atoms with Crippen LogP contribution >= 0.6 is 11.6 Å². The molecule has 2 N–H and O–H groups in total. The van der Waals surface area contributed by atoms with E-state index in [0.29, 0.717) is 0 Å².